The van der Waals surface area contributed by atoms with Crippen LogP contribution in [0.15, 0.2) is 60.8 Å². The Hall–Kier alpha value is -3.06. The summed E-state index contributed by atoms with van der Waals surface area (Å²) in [5, 5.41) is 23.4. The van der Waals surface area contributed by atoms with Crippen molar-refractivity contribution in [2.24, 2.45) is 0 Å². The summed E-state index contributed by atoms with van der Waals surface area (Å²) in [5.41, 5.74) is -0.0870. The molecule has 0 bridgehead atoms. The highest BCUT2D eigenvalue weighted by atomic mass is 16.6. The van der Waals surface area contributed by atoms with E-state index in [9.17, 15) is 20.0 Å². The average molecular weight is 299 g/mol. The lowest BCUT2D eigenvalue weighted by molar-refractivity contribution is -0.385. The van der Waals surface area contributed by atoms with E-state index in [1.165, 1.54) is 30.5 Å². The number of non-ortho nitro benzene ring substituents is 1. The van der Waals surface area contributed by atoms with E-state index in [0.29, 0.717) is 5.82 Å². The van der Waals surface area contributed by atoms with Gasteiger partial charge in [-0.3, -0.25) is 14.9 Å². The SMILES string of the molecule is C=C(C(=O)Nc1ccccn1)C(O)c1cccc([N+](=O)[O-])c1. The van der Waals surface area contributed by atoms with Gasteiger partial charge in [-0.25, -0.2) is 4.98 Å². The fraction of sp³-hybridized carbons (Fsp3) is 0.0667. The second-order valence-electron chi connectivity index (χ2n) is 4.45. The largest absolute Gasteiger partial charge is 0.383 e. The molecule has 0 fully saturated rings. The quantitative estimate of drug-likeness (QED) is 0.500. The molecule has 2 rings (SSSR count). The Balaban J connectivity index is 2.13. The zero-order valence-corrected chi connectivity index (χ0v) is 11.5. The number of carbonyl (C=O) groups excluding carboxylic acids is 1. The van der Waals surface area contributed by atoms with Gasteiger partial charge in [0.2, 0.25) is 0 Å². The summed E-state index contributed by atoms with van der Waals surface area (Å²) in [5.74, 6) is -0.294. The minimum absolute atomic E-state index is 0.133. The maximum absolute atomic E-state index is 12.0. The van der Waals surface area contributed by atoms with Gasteiger partial charge in [0.05, 0.1) is 4.92 Å². The lowest BCUT2D eigenvalue weighted by Crippen LogP contribution is -2.19. The molecule has 1 amide bonds. The molecule has 0 aliphatic rings. The monoisotopic (exact) mass is 299 g/mol. The van der Waals surface area contributed by atoms with Gasteiger partial charge >= 0.3 is 0 Å². The van der Waals surface area contributed by atoms with Crippen LogP contribution < -0.4 is 5.32 Å². The van der Waals surface area contributed by atoms with Crippen molar-refractivity contribution in [2.45, 2.75) is 6.10 Å². The normalized spacial score (nSPS) is 11.5. The van der Waals surface area contributed by atoms with Crippen molar-refractivity contribution in [2.75, 3.05) is 5.32 Å². The number of amides is 1. The summed E-state index contributed by atoms with van der Waals surface area (Å²) in [6, 6.07) is 10.4. The standard InChI is InChI=1S/C15H13N3O4/c1-10(15(20)17-13-7-2-3-8-16-13)14(19)11-5-4-6-12(9-11)18(21)22/h2-9,14,19H,1H2,(H,16,17,20). The molecule has 7 nitrogen and oxygen atoms in total. The molecule has 1 atom stereocenters. The van der Waals surface area contributed by atoms with Gasteiger partial charge in [0, 0.05) is 23.9 Å². The van der Waals surface area contributed by atoms with E-state index in [2.05, 4.69) is 16.9 Å². The summed E-state index contributed by atoms with van der Waals surface area (Å²) in [6.45, 7) is 3.54. The Kier molecular flexibility index (Phi) is 4.60. The van der Waals surface area contributed by atoms with Crippen molar-refractivity contribution >= 4 is 17.4 Å². The third kappa shape index (κ3) is 3.53. The predicted octanol–water partition coefficient (Wildman–Crippen LogP) is 2.22. The molecule has 0 aliphatic carbocycles. The van der Waals surface area contributed by atoms with Crippen molar-refractivity contribution in [3.05, 3.63) is 76.5 Å². The highest BCUT2D eigenvalue weighted by Gasteiger charge is 2.20. The molecule has 1 aromatic heterocycles. The first-order valence-corrected chi connectivity index (χ1v) is 6.32. The number of nitrogens with zero attached hydrogens (tertiary/aromatic N) is 2. The van der Waals surface area contributed by atoms with Crippen LogP contribution in [0.1, 0.15) is 11.7 Å². The minimum Gasteiger partial charge on any atom is -0.383 e. The summed E-state index contributed by atoms with van der Waals surface area (Å²) in [4.78, 5) is 26.1. The number of pyridine rings is 1. The number of aliphatic hydroxyl groups is 1. The van der Waals surface area contributed by atoms with Crippen LogP contribution in [-0.4, -0.2) is 20.9 Å². The van der Waals surface area contributed by atoms with Crippen molar-refractivity contribution in [3.63, 3.8) is 0 Å². The molecular formula is C15H13N3O4. The number of nitro groups is 1. The Labute approximate surface area is 126 Å². The van der Waals surface area contributed by atoms with Gasteiger partial charge < -0.3 is 10.4 Å². The number of nitro benzene ring substituents is 1. The molecule has 1 heterocycles. The average Bonchev–Trinajstić information content (AvgIpc) is 2.54. The van der Waals surface area contributed by atoms with Gasteiger partial charge in [0.15, 0.2) is 0 Å². The minimum atomic E-state index is -1.34. The Morgan fingerprint density at radius 2 is 2.09 bits per heavy atom. The molecule has 1 aromatic carbocycles. The Morgan fingerprint density at radius 1 is 1.32 bits per heavy atom. The van der Waals surface area contributed by atoms with Crippen LogP contribution in [0.4, 0.5) is 11.5 Å². The van der Waals surface area contributed by atoms with Gasteiger partial charge in [-0.1, -0.05) is 24.8 Å². The zero-order valence-electron chi connectivity index (χ0n) is 11.5. The maximum atomic E-state index is 12.0. The summed E-state index contributed by atoms with van der Waals surface area (Å²) in [6.07, 6.45) is 0.165. The third-order valence-corrected chi connectivity index (χ3v) is 2.92. The van der Waals surface area contributed by atoms with Crippen molar-refractivity contribution in [3.8, 4) is 0 Å². The second-order valence-corrected chi connectivity index (χ2v) is 4.45. The highest BCUT2D eigenvalue weighted by molar-refractivity contribution is 6.03. The molecule has 0 saturated carbocycles. The number of aliphatic hydroxyl groups excluding tert-OH is 1. The Bertz CT molecular complexity index is 716. The highest BCUT2D eigenvalue weighted by Crippen LogP contribution is 2.24. The number of hydrogen-bond donors (Lipinski definition) is 2. The number of nitrogens with one attached hydrogen (secondary N) is 1. The van der Waals surface area contributed by atoms with Crippen molar-refractivity contribution < 1.29 is 14.8 Å². The molecule has 0 saturated heterocycles. The predicted molar refractivity (Wildman–Crippen MR) is 80.1 cm³/mol. The van der Waals surface area contributed by atoms with E-state index in [4.69, 9.17) is 0 Å². The first-order chi connectivity index (χ1) is 10.5. The van der Waals surface area contributed by atoms with Crippen LogP contribution in [0, 0.1) is 10.1 Å². The van der Waals surface area contributed by atoms with Crippen LogP contribution in [0.2, 0.25) is 0 Å². The van der Waals surface area contributed by atoms with E-state index >= 15 is 0 Å². The van der Waals surface area contributed by atoms with Crippen molar-refractivity contribution in [1.29, 1.82) is 0 Å². The zero-order chi connectivity index (χ0) is 16.1. The van der Waals surface area contributed by atoms with Crippen LogP contribution >= 0.6 is 0 Å². The van der Waals surface area contributed by atoms with Crippen LogP contribution in [-0.2, 0) is 4.79 Å². The van der Waals surface area contributed by atoms with E-state index in [1.807, 2.05) is 0 Å². The van der Waals surface area contributed by atoms with Gasteiger partial charge in [0.25, 0.3) is 11.6 Å². The number of anilines is 1. The van der Waals surface area contributed by atoms with Crippen LogP contribution in [0.3, 0.4) is 0 Å². The van der Waals surface area contributed by atoms with E-state index in [0.717, 1.165) is 0 Å². The van der Waals surface area contributed by atoms with Crippen LogP contribution in [0.25, 0.3) is 0 Å². The Morgan fingerprint density at radius 3 is 2.73 bits per heavy atom. The topological polar surface area (TPSA) is 105 Å². The molecule has 0 radical (unpaired) electrons. The fourth-order valence-electron chi connectivity index (χ4n) is 1.77. The molecule has 7 heteroatoms. The fourth-order valence-corrected chi connectivity index (χ4v) is 1.77. The van der Waals surface area contributed by atoms with E-state index < -0.39 is 16.9 Å². The van der Waals surface area contributed by atoms with Gasteiger partial charge in [0.1, 0.15) is 11.9 Å². The lowest BCUT2D eigenvalue weighted by atomic mass is 10.0. The first kappa shape index (κ1) is 15.3. The molecular weight excluding hydrogens is 286 g/mol. The van der Waals surface area contributed by atoms with E-state index in [-0.39, 0.29) is 16.8 Å². The molecule has 112 valence electrons. The number of rotatable bonds is 5. The summed E-state index contributed by atoms with van der Waals surface area (Å²) < 4.78 is 0. The number of aromatic nitrogens is 1. The van der Waals surface area contributed by atoms with E-state index in [1.54, 1.807) is 18.2 Å². The van der Waals surface area contributed by atoms with Crippen molar-refractivity contribution in [1.82, 2.24) is 4.98 Å². The van der Waals surface area contributed by atoms with Gasteiger partial charge in [-0.05, 0) is 17.7 Å². The van der Waals surface area contributed by atoms with Gasteiger partial charge in [-0.2, -0.15) is 0 Å². The third-order valence-electron chi connectivity index (χ3n) is 2.92. The number of benzene rings is 1. The van der Waals surface area contributed by atoms with Crippen LogP contribution in [0.5, 0.6) is 0 Å². The summed E-state index contributed by atoms with van der Waals surface area (Å²) in [7, 11) is 0. The second kappa shape index (κ2) is 6.59. The number of hydrogen-bond acceptors (Lipinski definition) is 5. The molecule has 0 aliphatic heterocycles. The molecule has 22 heavy (non-hydrogen) atoms. The maximum Gasteiger partial charge on any atom is 0.269 e. The summed E-state index contributed by atoms with van der Waals surface area (Å²) >= 11 is 0. The molecule has 2 N–H and O–H groups in total. The number of carbonyl (C=O) groups is 1. The molecule has 0 spiro atoms. The first-order valence-electron chi connectivity index (χ1n) is 6.32. The smallest absolute Gasteiger partial charge is 0.269 e. The molecule has 2 aromatic rings. The van der Waals surface area contributed by atoms with Gasteiger partial charge in [-0.15, -0.1) is 0 Å². The lowest BCUT2D eigenvalue weighted by Gasteiger charge is -2.13. The molecule has 1 unspecified atom stereocenters.